The van der Waals surface area contributed by atoms with Gasteiger partial charge >= 0.3 is 0 Å². The topological polar surface area (TPSA) is 61.6 Å². The number of nitrogens with zero attached hydrogens (tertiary/aromatic N) is 3. The number of rotatable bonds is 6. The second kappa shape index (κ2) is 9.34. The number of carbonyl (C=O) groups is 1. The molecule has 2 saturated heterocycles. The molecule has 4 rings (SSSR count). The number of piperidine rings is 2. The minimum absolute atomic E-state index is 0.106. The third-order valence-electron chi connectivity index (χ3n) is 6.07. The first-order valence-corrected chi connectivity index (χ1v) is 10.4. The van der Waals surface area contributed by atoms with Crippen molar-refractivity contribution in [1.82, 2.24) is 20.1 Å². The van der Waals surface area contributed by atoms with Crippen LogP contribution in [0.3, 0.4) is 0 Å². The SMILES string of the molecule is O=C(NCc1cccnc1)C1CCCN(C2CCN(Cc3ccoc3)CC2)C1. The Morgan fingerprint density at radius 2 is 2.07 bits per heavy atom. The van der Waals surface area contributed by atoms with E-state index in [4.69, 9.17) is 4.42 Å². The van der Waals surface area contributed by atoms with E-state index in [0.717, 1.165) is 51.1 Å². The molecule has 2 fully saturated rings. The number of hydrogen-bond donors (Lipinski definition) is 1. The zero-order chi connectivity index (χ0) is 19.2. The van der Waals surface area contributed by atoms with Gasteiger partial charge in [-0.15, -0.1) is 0 Å². The van der Waals surface area contributed by atoms with Crippen LogP contribution in [0.1, 0.15) is 36.8 Å². The zero-order valence-electron chi connectivity index (χ0n) is 16.4. The molecule has 1 unspecified atom stereocenters. The maximum atomic E-state index is 12.7. The Kier molecular flexibility index (Phi) is 6.39. The number of furan rings is 1. The molecular formula is C22H30N4O2. The molecule has 4 heterocycles. The Balaban J connectivity index is 1.23. The summed E-state index contributed by atoms with van der Waals surface area (Å²) < 4.78 is 5.18. The summed E-state index contributed by atoms with van der Waals surface area (Å²) >= 11 is 0. The lowest BCUT2D eigenvalue weighted by Crippen LogP contribution is -2.50. The molecular weight excluding hydrogens is 352 g/mol. The van der Waals surface area contributed by atoms with E-state index in [-0.39, 0.29) is 11.8 Å². The van der Waals surface area contributed by atoms with Crippen molar-refractivity contribution in [3.05, 3.63) is 54.2 Å². The van der Waals surface area contributed by atoms with Gasteiger partial charge in [0.1, 0.15) is 0 Å². The second-order valence-electron chi connectivity index (χ2n) is 8.05. The minimum Gasteiger partial charge on any atom is -0.472 e. The average molecular weight is 383 g/mol. The standard InChI is InChI=1S/C22H30N4O2/c27-22(24-14-18-3-1-8-23-13-18)20-4-2-9-26(16-20)21-5-10-25(11-6-21)15-19-7-12-28-17-19/h1,3,7-8,12-13,17,20-21H,2,4-6,9-11,14-16H2,(H,24,27). The maximum absolute atomic E-state index is 12.7. The number of aromatic nitrogens is 1. The van der Waals surface area contributed by atoms with Crippen LogP contribution in [0.15, 0.2) is 47.5 Å². The van der Waals surface area contributed by atoms with Crippen LogP contribution in [-0.4, -0.2) is 52.9 Å². The number of nitrogens with one attached hydrogen (secondary N) is 1. The lowest BCUT2D eigenvalue weighted by Gasteiger charge is -2.42. The molecule has 2 aliphatic rings. The Bertz CT molecular complexity index is 726. The quantitative estimate of drug-likeness (QED) is 0.832. The summed E-state index contributed by atoms with van der Waals surface area (Å²) in [5.74, 6) is 0.292. The molecule has 150 valence electrons. The van der Waals surface area contributed by atoms with Gasteiger partial charge < -0.3 is 9.73 Å². The van der Waals surface area contributed by atoms with Crippen LogP contribution in [0, 0.1) is 5.92 Å². The fourth-order valence-corrected chi connectivity index (χ4v) is 4.47. The molecule has 1 atom stereocenters. The van der Waals surface area contributed by atoms with E-state index in [0.29, 0.717) is 12.6 Å². The monoisotopic (exact) mass is 382 g/mol. The predicted octanol–water partition coefficient (Wildman–Crippen LogP) is 2.67. The number of carbonyl (C=O) groups excluding carboxylic acids is 1. The first kappa shape index (κ1) is 19.2. The van der Waals surface area contributed by atoms with Crippen molar-refractivity contribution in [3.8, 4) is 0 Å². The lowest BCUT2D eigenvalue weighted by atomic mass is 9.93. The van der Waals surface area contributed by atoms with E-state index >= 15 is 0 Å². The normalized spacial score (nSPS) is 22.2. The highest BCUT2D eigenvalue weighted by molar-refractivity contribution is 5.78. The highest BCUT2D eigenvalue weighted by Crippen LogP contribution is 2.25. The first-order valence-electron chi connectivity index (χ1n) is 10.4. The third-order valence-corrected chi connectivity index (χ3v) is 6.07. The molecule has 2 aliphatic heterocycles. The molecule has 1 amide bonds. The van der Waals surface area contributed by atoms with Crippen molar-refractivity contribution in [2.45, 2.75) is 44.8 Å². The van der Waals surface area contributed by atoms with E-state index in [1.165, 1.54) is 18.4 Å². The molecule has 28 heavy (non-hydrogen) atoms. The Hall–Kier alpha value is -2.18. The molecule has 1 N–H and O–H groups in total. The molecule has 0 bridgehead atoms. The van der Waals surface area contributed by atoms with Crippen LogP contribution in [0.4, 0.5) is 0 Å². The summed E-state index contributed by atoms with van der Waals surface area (Å²) in [5.41, 5.74) is 2.30. The van der Waals surface area contributed by atoms with Gasteiger partial charge in [0.25, 0.3) is 0 Å². The Morgan fingerprint density at radius 1 is 1.18 bits per heavy atom. The van der Waals surface area contributed by atoms with Gasteiger partial charge in [0.05, 0.1) is 18.4 Å². The summed E-state index contributed by atoms with van der Waals surface area (Å²) in [7, 11) is 0. The van der Waals surface area contributed by atoms with Crippen molar-refractivity contribution < 1.29 is 9.21 Å². The first-order chi connectivity index (χ1) is 13.8. The van der Waals surface area contributed by atoms with Gasteiger partial charge in [0.2, 0.25) is 5.91 Å². The van der Waals surface area contributed by atoms with Crippen molar-refractivity contribution in [2.75, 3.05) is 26.2 Å². The third kappa shape index (κ3) is 5.00. The summed E-state index contributed by atoms with van der Waals surface area (Å²) in [6.07, 6.45) is 11.6. The lowest BCUT2D eigenvalue weighted by molar-refractivity contribution is -0.127. The number of pyridine rings is 1. The fraction of sp³-hybridized carbons (Fsp3) is 0.545. The smallest absolute Gasteiger partial charge is 0.224 e. The van der Waals surface area contributed by atoms with E-state index in [2.05, 4.69) is 20.1 Å². The van der Waals surface area contributed by atoms with Gasteiger partial charge in [-0.05, 0) is 63.0 Å². The summed E-state index contributed by atoms with van der Waals surface area (Å²) in [6.45, 7) is 5.79. The largest absolute Gasteiger partial charge is 0.472 e. The van der Waals surface area contributed by atoms with Gasteiger partial charge in [-0.25, -0.2) is 0 Å². The van der Waals surface area contributed by atoms with Crippen molar-refractivity contribution in [2.24, 2.45) is 5.92 Å². The molecule has 2 aromatic rings. The molecule has 0 aromatic carbocycles. The van der Waals surface area contributed by atoms with Crippen LogP contribution in [0.2, 0.25) is 0 Å². The molecule has 2 aromatic heterocycles. The molecule has 6 heteroatoms. The molecule has 0 aliphatic carbocycles. The van der Waals surface area contributed by atoms with Crippen LogP contribution < -0.4 is 5.32 Å². The minimum atomic E-state index is 0.106. The maximum Gasteiger partial charge on any atom is 0.224 e. The summed E-state index contributed by atoms with van der Waals surface area (Å²) in [6, 6.07) is 6.56. The van der Waals surface area contributed by atoms with Crippen molar-refractivity contribution in [1.29, 1.82) is 0 Å². The Labute approximate surface area is 166 Å². The number of hydrogen-bond acceptors (Lipinski definition) is 5. The van der Waals surface area contributed by atoms with Gasteiger partial charge in [-0.2, -0.15) is 0 Å². The average Bonchev–Trinajstić information content (AvgIpc) is 3.26. The highest BCUT2D eigenvalue weighted by Gasteiger charge is 2.31. The number of amides is 1. The van der Waals surface area contributed by atoms with Crippen LogP contribution in [0.5, 0.6) is 0 Å². The second-order valence-corrected chi connectivity index (χ2v) is 8.05. The summed E-state index contributed by atoms with van der Waals surface area (Å²) in [5, 5.41) is 3.10. The van der Waals surface area contributed by atoms with Crippen molar-refractivity contribution >= 4 is 5.91 Å². The van der Waals surface area contributed by atoms with E-state index in [1.807, 2.05) is 30.7 Å². The molecule has 0 spiro atoms. The van der Waals surface area contributed by atoms with E-state index in [9.17, 15) is 4.79 Å². The molecule has 0 saturated carbocycles. The van der Waals surface area contributed by atoms with E-state index in [1.54, 1.807) is 12.5 Å². The van der Waals surface area contributed by atoms with Crippen LogP contribution >= 0.6 is 0 Å². The number of likely N-dealkylation sites (tertiary alicyclic amines) is 2. The fourth-order valence-electron chi connectivity index (χ4n) is 4.47. The zero-order valence-corrected chi connectivity index (χ0v) is 16.4. The van der Waals surface area contributed by atoms with Gasteiger partial charge in [-0.3, -0.25) is 19.6 Å². The van der Waals surface area contributed by atoms with Crippen molar-refractivity contribution in [3.63, 3.8) is 0 Å². The highest BCUT2D eigenvalue weighted by atomic mass is 16.3. The summed E-state index contributed by atoms with van der Waals surface area (Å²) in [4.78, 5) is 21.8. The van der Waals surface area contributed by atoms with Crippen LogP contribution in [-0.2, 0) is 17.9 Å². The van der Waals surface area contributed by atoms with Gasteiger partial charge in [-0.1, -0.05) is 6.07 Å². The Morgan fingerprint density at radius 3 is 2.82 bits per heavy atom. The van der Waals surface area contributed by atoms with Crippen LogP contribution in [0.25, 0.3) is 0 Å². The van der Waals surface area contributed by atoms with E-state index < -0.39 is 0 Å². The van der Waals surface area contributed by atoms with Gasteiger partial charge in [0, 0.05) is 43.6 Å². The van der Waals surface area contributed by atoms with Gasteiger partial charge in [0.15, 0.2) is 0 Å². The predicted molar refractivity (Wildman–Crippen MR) is 107 cm³/mol. The molecule has 6 nitrogen and oxygen atoms in total. The molecule has 0 radical (unpaired) electrons.